The monoisotopic (exact) mass is 322 g/mol. The third-order valence-corrected chi connectivity index (χ3v) is 3.75. The highest BCUT2D eigenvalue weighted by Crippen LogP contribution is 2.22. The molecule has 0 saturated carbocycles. The first kappa shape index (κ1) is 15.7. The van der Waals surface area contributed by atoms with Crippen LogP contribution in [-0.2, 0) is 0 Å². The SMILES string of the molecule is CCN(C(=S)Nc1ccc(F)c(Cl)c1)c1ccccc1C. The molecule has 0 atom stereocenters. The average Bonchev–Trinajstić information content (AvgIpc) is 2.46. The number of halogens is 2. The Hall–Kier alpha value is -1.65. The Kier molecular flexibility index (Phi) is 5.15. The first-order valence-electron chi connectivity index (χ1n) is 6.62. The van der Waals surface area contributed by atoms with E-state index in [0.29, 0.717) is 10.8 Å². The van der Waals surface area contributed by atoms with Crippen LogP contribution >= 0.6 is 23.8 Å². The Labute approximate surface area is 134 Å². The van der Waals surface area contributed by atoms with Gasteiger partial charge in [0.2, 0.25) is 0 Å². The number of benzene rings is 2. The van der Waals surface area contributed by atoms with E-state index in [9.17, 15) is 4.39 Å². The number of hydrogen-bond donors (Lipinski definition) is 1. The first-order valence-corrected chi connectivity index (χ1v) is 7.40. The molecule has 0 bridgehead atoms. The molecule has 0 aromatic heterocycles. The Morgan fingerprint density at radius 3 is 2.62 bits per heavy atom. The number of anilines is 2. The van der Waals surface area contributed by atoms with E-state index in [4.69, 9.17) is 23.8 Å². The van der Waals surface area contributed by atoms with Crippen LogP contribution in [-0.4, -0.2) is 11.7 Å². The smallest absolute Gasteiger partial charge is 0.177 e. The first-order chi connectivity index (χ1) is 10.0. The number of rotatable bonds is 3. The molecule has 0 aliphatic rings. The fourth-order valence-corrected chi connectivity index (χ4v) is 2.58. The zero-order valence-corrected chi connectivity index (χ0v) is 13.4. The summed E-state index contributed by atoms with van der Waals surface area (Å²) in [6, 6.07) is 12.5. The summed E-state index contributed by atoms with van der Waals surface area (Å²) in [6.07, 6.45) is 0. The van der Waals surface area contributed by atoms with Crippen molar-refractivity contribution in [3.8, 4) is 0 Å². The van der Waals surface area contributed by atoms with E-state index in [1.165, 1.54) is 12.1 Å². The van der Waals surface area contributed by atoms with Gasteiger partial charge in [-0.1, -0.05) is 29.8 Å². The lowest BCUT2D eigenvalue weighted by molar-refractivity contribution is 0.628. The number of nitrogens with one attached hydrogen (secondary N) is 1. The molecule has 5 heteroatoms. The van der Waals surface area contributed by atoms with E-state index in [-0.39, 0.29) is 5.02 Å². The number of aryl methyl sites for hydroxylation is 1. The van der Waals surface area contributed by atoms with Gasteiger partial charge in [-0.25, -0.2) is 4.39 Å². The maximum absolute atomic E-state index is 13.2. The molecule has 0 aliphatic heterocycles. The quantitative estimate of drug-likeness (QED) is 0.800. The van der Waals surface area contributed by atoms with Crippen LogP contribution < -0.4 is 10.2 Å². The third-order valence-electron chi connectivity index (χ3n) is 3.14. The average molecular weight is 323 g/mol. The van der Waals surface area contributed by atoms with Gasteiger partial charge in [0.15, 0.2) is 5.11 Å². The normalized spacial score (nSPS) is 10.3. The van der Waals surface area contributed by atoms with E-state index in [2.05, 4.69) is 5.32 Å². The van der Waals surface area contributed by atoms with Crippen molar-refractivity contribution in [3.63, 3.8) is 0 Å². The van der Waals surface area contributed by atoms with Crippen LogP contribution in [0.25, 0.3) is 0 Å². The van der Waals surface area contributed by atoms with Crippen LogP contribution in [0, 0.1) is 12.7 Å². The summed E-state index contributed by atoms with van der Waals surface area (Å²) in [4.78, 5) is 1.99. The molecule has 2 rings (SSSR count). The van der Waals surface area contributed by atoms with Crippen LogP contribution in [0.15, 0.2) is 42.5 Å². The second-order valence-corrected chi connectivity index (χ2v) is 5.38. The maximum atomic E-state index is 13.2. The van der Waals surface area contributed by atoms with E-state index >= 15 is 0 Å². The standard InChI is InChI=1S/C16H16ClFN2S/c1-3-20(15-7-5-4-6-11(15)2)16(21)19-12-8-9-14(18)13(17)10-12/h4-10H,3H2,1-2H3,(H,19,21). The lowest BCUT2D eigenvalue weighted by Crippen LogP contribution is -2.35. The van der Waals surface area contributed by atoms with Crippen molar-refractivity contribution in [3.05, 3.63) is 58.9 Å². The van der Waals surface area contributed by atoms with Gasteiger partial charge in [-0.15, -0.1) is 0 Å². The Bertz CT molecular complexity index is 660. The number of thiocarbonyl (C=S) groups is 1. The van der Waals surface area contributed by atoms with Gasteiger partial charge < -0.3 is 10.2 Å². The molecule has 0 unspecified atom stereocenters. The molecule has 0 saturated heterocycles. The fourth-order valence-electron chi connectivity index (χ4n) is 2.05. The Morgan fingerprint density at radius 2 is 2.00 bits per heavy atom. The van der Waals surface area contributed by atoms with Crippen molar-refractivity contribution in [2.24, 2.45) is 0 Å². The zero-order chi connectivity index (χ0) is 15.4. The molecule has 0 heterocycles. The van der Waals surface area contributed by atoms with Gasteiger partial charge in [-0.05, 0) is 55.9 Å². The zero-order valence-electron chi connectivity index (χ0n) is 11.9. The van der Waals surface area contributed by atoms with Gasteiger partial charge in [0, 0.05) is 17.9 Å². The maximum Gasteiger partial charge on any atom is 0.177 e. The van der Waals surface area contributed by atoms with Gasteiger partial charge in [0.25, 0.3) is 0 Å². The van der Waals surface area contributed by atoms with Crippen LogP contribution in [0.2, 0.25) is 5.02 Å². The predicted octanol–water partition coefficient (Wildman–Crippen LogP) is 5.01. The van der Waals surface area contributed by atoms with Gasteiger partial charge >= 0.3 is 0 Å². The molecule has 0 amide bonds. The van der Waals surface area contributed by atoms with Crippen LogP contribution in [0.5, 0.6) is 0 Å². The number of hydrogen-bond acceptors (Lipinski definition) is 1. The highest BCUT2D eigenvalue weighted by molar-refractivity contribution is 7.80. The minimum absolute atomic E-state index is 0.0711. The lowest BCUT2D eigenvalue weighted by atomic mass is 10.2. The summed E-state index contributed by atoms with van der Waals surface area (Å²) >= 11 is 11.2. The summed E-state index contributed by atoms with van der Waals surface area (Å²) in [5.74, 6) is -0.445. The second kappa shape index (κ2) is 6.87. The molecule has 110 valence electrons. The van der Waals surface area contributed by atoms with E-state index < -0.39 is 5.82 Å². The third kappa shape index (κ3) is 3.71. The van der Waals surface area contributed by atoms with Crippen molar-refractivity contribution < 1.29 is 4.39 Å². The molecule has 21 heavy (non-hydrogen) atoms. The minimum Gasteiger partial charge on any atom is -0.332 e. The summed E-state index contributed by atoms with van der Waals surface area (Å²) in [7, 11) is 0. The molecule has 2 aromatic carbocycles. The summed E-state index contributed by atoms with van der Waals surface area (Å²) < 4.78 is 13.2. The molecule has 0 radical (unpaired) electrons. The topological polar surface area (TPSA) is 15.3 Å². The van der Waals surface area contributed by atoms with Gasteiger partial charge in [-0.2, -0.15) is 0 Å². The van der Waals surface area contributed by atoms with Crippen molar-refractivity contribution in [2.75, 3.05) is 16.8 Å². The number of nitrogens with zero attached hydrogens (tertiary/aromatic N) is 1. The van der Waals surface area contributed by atoms with Crippen molar-refractivity contribution in [1.82, 2.24) is 0 Å². The highest BCUT2D eigenvalue weighted by Gasteiger charge is 2.12. The van der Waals surface area contributed by atoms with Crippen molar-refractivity contribution >= 4 is 40.3 Å². The fraction of sp³-hybridized carbons (Fsp3) is 0.188. The number of para-hydroxylation sites is 1. The van der Waals surface area contributed by atoms with Crippen LogP contribution in [0.4, 0.5) is 15.8 Å². The largest absolute Gasteiger partial charge is 0.332 e. The predicted molar refractivity (Wildman–Crippen MR) is 91.8 cm³/mol. The summed E-state index contributed by atoms with van der Waals surface area (Å²) in [6.45, 7) is 4.79. The molecular formula is C16H16ClFN2S. The van der Waals surface area contributed by atoms with Gasteiger partial charge in [0.1, 0.15) is 5.82 Å². The molecule has 1 N–H and O–H groups in total. The van der Waals surface area contributed by atoms with Gasteiger partial charge in [-0.3, -0.25) is 0 Å². The van der Waals surface area contributed by atoms with Gasteiger partial charge in [0.05, 0.1) is 5.02 Å². The molecule has 0 spiro atoms. The second-order valence-electron chi connectivity index (χ2n) is 4.59. The van der Waals surface area contributed by atoms with Crippen LogP contribution in [0.1, 0.15) is 12.5 Å². The van der Waals surface area contributed by atoms with Crippen molar-refractivity contribution in [2.45, 2.75) is 13.8 Å². The molecular weight excluding hydrogens is 307 g/mol. The molecule has 0 fully saturated rings. The molecule has 2 nitrogen and oxygen atoms in total. The molecule has 0 aliphatic carbocycles. The highest BCUT2D eigenvalue weighted by atomic mass is 35.5. The summed E-state index contributed by atoms with van der Waals surface area (Å²) in [5, 5.41) is 3.71. The summed E-state index contributed by atoms with van der Waals surface area (Å²) in [5.41, 5.74) is 2.85. The minimum atomic E-state index is -0.445. The van der Waals surface area contributed by atoms with E-state index in [1.54, 1.807) is 6.07 Å². The van der Waals surface area contributed by atoms with E-state index in [1.807, 2.05) is 43.0 Å². The van der Waals surface area contributed by atoms with Crippen molar-refractivity contribution in [1.29, 1.82) is 0 Å². The Balaban J connectivity index is 2.21. The van der Waals surface area contributed by atoms with E-state index in [0.717, 1.165) is 17.8 Å². The van der Waals surface area contributed by atoms with Crippen LogP contribution in [0.3, 0.4) is 0 Å². The Morgan fingerprint density at radius 1 is 1.29 bits per heavy atom. The molecule has 2 aromatic rings. The lowest BCUT2D eigenvalue weighted by Gasteiger charge is -2.26.